The first-order chi connectivity index (χ1) is 12.1. The maximum absolute atomic E-state index is 13.1. The summed E-state index contributed by atoms with van der Waals surface area (Å²) in [5.74, 6) is -0.491. The van der Waals surface area contributed by atoms with Gasteiger partial charge in [-0.15, -0.1) is 0 Å². The number of carboxylic acid groups (broad SMARTS) is 1. The molecule has 1 N–H and O–H groups in total. The number of fused-ring (bicyclic) bond motifs is 2. The summed E-state index contributed by atoms with van der Waals surface area (Å²) in [6.45, 7) is 0.263. The second-order valence-corrected chi connectivity index (χ2v) is 6.66. The topological polar surface area (TPSA) is 66.8 Å². The van der Waals surface area contributed by atoms with E-state index in [0.29, 0.717) is 12.3 Å². The highest BCUT2D eigenvalue weighted by atomic mass is 16.5. The number of hydrogen-bond acceptors (Lipinski definition) is 3. The van der Waals surface area contributed by atoms with Crippen LogP contribution in [0.15, 0.2) is 54.6 Å². The lowest BCUT2D eigenvalue weighted by molar-refractivity contribution is -0.136. The summed E-state index contributed by atoms with van der Waals surface area (Å²) < 4.78 is 5.72. The number of para-hydroxylation sites is 2. The van der Waals surface area contributed by atoms with Crippen LogP contribution in [0.25, 0.3) is 0 Å². The number of anilines is 1. The van der Waals surface area contributed by atoms with Gasteiger partial charge in [-0.3, -0.25) is 9.59 Å². The molecular weight excluding hydrogens is 318 g/mol. The molecule has 1 aliphatic heterocycles. The van der Waals surface area contributed by atoms with Gasteiger partial charge < -0.3 is 14.7 Å². The Labute approximate surface area is 145 Å². The van der Waals surface area contributed by atoms with Crippen LogP contribution in [0.5, 0.6) is 5.75 Å². The summed E-state index contributed by atoms with van der Waals surface area (Å²) in [4.78, 5) is 25.8. The summed E-state index contributed by atoms with van der Waals surface area (Å²) in [7, 11) is 0. The first-order valence-corrected chi connectivity index (χ1v) is 8.42. The molecular formula is C20H19NO4. The van der Waals surface area contributed by atoms with Crippen molar-refractivity contribution in [3.05, 3.63) is 60.2 Å². The summed E-state index contributed by atoms with van der Waals surface area (Å²) in [6, 6.07) is 16.9. The fourth-order valence-corrected chi connectivity index (χ4v) is 3.91. The Morgan fingerprint density at radius 1 is 1.12 bits per heavy atom. The van der Waals surface area contributed by atoms with Gasteiger partial charge in [0.05, 0.1) is 6.61 Å². The monoisotopic (exact) mass is 337 g/mol. The molecule has 5 nitrogen and oxygen atoms in total. The van der Waals surface area contributed by atoms with E-state index in [-0.39, 0.29) is 23.8 Å². The highest BCUT2D eigenvalue weighted by Gasteiger charge is 2.62. The van der Waals surface area contributed by atoms with E-state index in [4.69, 9.17) is 4.74 Å². The van der Waals surface area contributed by atoms with E-state index in [2.05, 4.69) is 0 Å². The molecule has 128 valence electrons. The van der Waals surface area contributed by atoms with Crippen molar-refractivity contribution in [2.75, 3.05) is 18.1 Å². The summed E-state index contributed by atoms with van der Waals surface area (Å²) in [5, 5.41) is 9.24. The minimum absolute atomic E-state index is 0.120. The highest BCUT2D eigenvalue weighted by Crippen LogP contribution is 2.61. The zero-order chi connectivity index (χ0) is 17.4. The van der Waals surface area contributed by atoms with E-state index in [1.54, 1.807) is 12.1 Å². The number of rotatable bonds is 4. The Balaban J connectivity index is 1.64. The second kappa shape index (κ2) is 5.92. The van der Waals surface area contributed by atoms with Gasteiger partial charge in [0.15, 0.2) is 0 Å². The van der Waals surface area contributed by atoms with E-state index in [1.807, 2.05) is 42.5 Å². The third-order valence-corrected chi connectivity index (χ3v) is 5.23. The normalized spacial score (nSPS) is 23.4. The molecule has 2 aromatic carbocycles. The fraction of sp³-hybridized carbons (Fsp3) is 0.300. The summed E-state index contributed by atoms with van der Waals surface area (Å²) >= 11 is 0. The largest absolute Gasteiger partial charge is 0.493 e. The number of ether oxygens (including phenoxy) is 1. The zero-order valence-electron chi connectivity index (χ0n) is 13.7. The van der Waals surface area contributed by atoms with Gasteiger partial charge in [-0.1, -0.05) is 36.4 Å². The molecule has 25 heavy (non-hydrogen) atoms. The smallest absolute Gasteiger partial charge is 0.323 e. The van der Waals surface area contributed by atoms with Crippen molar-refractivity contribution in [2.24, 2.45) is 5.92 Å². The number of carbonyl (C=O) groups excluding carboxylic acids is 1. The maximum Gasteiger partial charge on any atom is 0.323 e. The van der Waals surface area contributed by atoms with Crippen LogP contribution in [-0.4, -0.2) is 30.1 Å². The molecule has 2 aromatic rings. The first-order valence-electron chi connectivity index (χ1n) is 8.42. The first kappa shape index (κ1) is 15.7. The Bertz CT molecular complexity index is 819. The zero-order valence-corrected chi connectivity index (χ0v) is 13.7. The third kappa shape index (κ3) is 2.65. The molecule has 0 unspecified atom stereocenters. The molecule has 1 spiro atoms. The maximum atomic E-state index is 13.1. The van der Waals surface area contributed by atoms with E-state index in [1.165, 1.54) is 4.90 Å². The summed E-state index contributed by atoms with van der Waals surface area (Å²) in [6.07, 6.45) is 1.53. The molecule has 2 aliphatic rings. The molecule has 5 heteroatoms. The van der Waals surface area contributed by atoms with Crippen molar-refractivity contribution in [1.82, 2.24) is 0 Å². The van der Waals surface area contributed by atoms with E-state index in [0.717, 1.165) is 24.2 Å². The van der Waals surface area contributed by atoms with Gasteiger partial charge in [0.2, 0.25) is 5.91 Å². The molecule has 1 aliphatic carbocycles. The fourth-order valence-electron chi connectivity index (χ4n) is 3.91. The molecule has 0 aromatic heterocycles. The van der Waals surface area contributed by atoms with Crippen LogP contribution in [0.1, 0.15) is 18.4 Å². The van der Waals surface area contributed by atoms with Crippen LogP contribution in [0.2, 0.25) is 0 Å². The van der Waals surface area contributed by atoms with Gasteiger partial charge in [0, 0.05) is 22.6 Å². The highest BCUT2D eigenvalue weighted by molar-refractivity contribution is 6.01. The minimum Gasteiger partial charge on any atom is -0.493 e. The lowest BCUT2D eigenvalue weighted by atomic mass is 9.87. The third-order valence-electron chi connectivity index (χ3n) is 5.23. The number of amides is 1. The van der Waals surface area contributed by atoms with E-state index >= 15 is 0 Å². The number of benzene rings is 2. The van der Waals surface area contributed by atoms with E-state index in [9.17, 15) is 14.7 Å². The van der Waals surface area contributed by atoms with Crippen molar-refractivity contribution in [1.29, 1.82) is 0 Å². The summed E-state index contributed by atoms with van der Waals surface area (Å²) in [5.41, 5.74) is 1.48. The molecule has 2 atom stereocenters. The Hall–Kier alpha value is -2.82. The number of carboxylic acids is 1. The van der Waals surface area contributed by atoms with Gasteiger partial charge in [0.1, 0.15) is 12.3 Å². The molecule has 0 bridgehead atoms. The molecule has 1 amide bonds. The van der Waals surface area contributed by atoms with Gasteiger partial charge in [0.25, 0.3) is 0 Å². The average Bonchev–Trinajstić information content (AvgIpc) is 3.35. The predicted octanol–water partition coefficient (Wildman–Crippen LogP) is 2.84. The number of hydrogen-bond donors (Lipinski definition) is 1. The lowest BCUT2D eigenvalue weighted by Gasteiger charge is -2.28. The van der Waals surface area contributed by atoms with Gasteiger partial charge in [-0.05, 0) is 31.0 Å². The van der Waals surface area contributed by atoms with Crippen LogP contribution >= 0.6 is 0 Å². The van der Waals surface area contributed by atoms with Crippen LogP contribution < -0.4 is 9.64 Å². The molecule has 0 saturated heterocycles. The Morgan fingerprint density at radius 3 is 2.60 bits per heavy atom. The molecule has 4 rings (SSSR count). The van der Waals surface area contributed by atoms with Gasteiger partial charge in [-0.2, -0.15) is 0 Å². The average molecular weight is 337 g/mol. The van der Waals surface area contributed by atoms with Gasteiger partial charge in [-0.25, -0.2) is 0 Å². The number of nitrogens with zero attached hydrogens (tertiary/aromatic N) is 1. The second-order valence-electron chi connectivity index (χ2n) is 6.66. The SMILES string of the molecule is O=C(O)CN(C(=O)[C@@H]1C[C@]12CCOc1ccccc12)c1ccccc1. The molecule has 1 heterocycles. The molecule has 1 fully saturated rings. The van der Waals surface area contributed by atoms with Crippen molar-refractivity contribution < 1.29 is 19.4 Å². The predicted molar refractivity (Wildman–Crippen MR) is 92.8 cm³/mol. The minimum atomic E-state index is -1.01. The van der Waals surface area contributed by atoms with Crippen LogP contribution in [0.3, 0.4) is 0 Å². The van der Waals surface area contributed by atoms with E-state index < -0.39 is 5.97 Å². The Kier molecular flexibility index (Phi) is 3.71. The number of carbonyl (C=O) groups is 2. The molecule has 1 saturated carbocycles. The number of aliphatic carboxylic acids is 1. The van der Waals surface area contributed by atoms with Gasteiger partial charge >= 0.3 is 5.97 Å². The molecule has 0 radical (unpaired) electrons. The van der Waals surface area contributed by atoms with Crippen molar-refractivity contribution >= 4 is 17.6 Å². The lowest BCUT2D eigenvalue weighted by Crippen LogP contribution is -2.39. The van der Waals surface area contributed by atoms with Crippen LogP contribution in [-0.2, 0) is 15.0 Å². The Morgan fingerprint density at radius 2 is 1.84 bits per heavy atom. The van der Waals surface area contributed by atoms with Crippen LogP contribution in [0, 0.1) is 5.92 Å². The van der Waals surface area contributed by atoms with Crippen molar-refractivity contribution in [3.8, 4) is 5.75 Å². The van der Waals surface area contributed by atoms with Crippen molar-refractivity contribution in [3.63, 3.8) is 0 Å². The quantitative estimate of drug-likeness (QED) is 0.932. The standard InChI is InChI=1S/C20H19NO4/c22-18(23)13-21(14-6-2-1-3-7-14)19(24)16-12-20(16)10-11-25-17-9-5-4-8-15(17)20/h1-9,16H,10-13H2,(H,22,23)/t16-,20-/m0/s1. The van der Waals surface area contributed by atoms with Crippen molar-refractivity contribution in [2.45, 2.75) is 18.3 Å². The van der Waals surface area contributed by atoms with Crippen LogP contribution in [0.4, 0.5) is 5.69 Å².